The van der Waals surface area contributed by atoms with Crippen LogP contribution in [0.2, 0.25) is 0 Å². The van der Waals surface area contributed by atoms with Gasteiger partial charge in [0.15, 0.2) is 0 Å². The van der Waals surface area contributed by atoms with Crippen LogP contribution in [0.4, 0.5) is 4.39 Å². The minimum atomic E-state index is -0.379. The van der Waals surface area contributed by atoms with Crippen molar-refractivity contribution in [1.82, 2.24) is 14.3 Å². The Balaban J connectivity index is 2.69. The van der Waals surface area contributed by atoms with E-state index in [-0.39, 0.29) is 11.7 Å². The van der Waals surface area contributed by atoms with E-state index in [9.17, 15) is 9.18 Å². The number of pyridine rings is 1. The van der Waals surface area contributed by atoms with Gasteiger partial charge in [-0.2, -0.15) is 0 Å². The summed E-state index contributed by atoms with van der Waals surface area (Å²) >= 11 is 0. The highest BCUT2D eigenvalue weighted by atomic mass is 19.1. The highest BCUT2D eigenvalue weighted by molar-refractivity contribution is 5.93. The minimum Gasteiger partial charge on any atom is -0.343 e. The molecule has 2 aromatic rings. The van der Waals surface area contributed by atoms with Crippen LogP contribution in [0.25, 0.3) is 5.65 Å². The van der Waals surface area contributed by atoms with Crippen LogP contribution in [-0.4, -0.2) is 34.3 Å². The van der Waals surface area contributed by atoms with Crippen LogP contribution in [0, 0.1) is 12.7 Å². The smallest absolute Gasteiger partial charge is 0.271 e. The Morgan fingerprint density at radius 3 is 2.81 bits per heavy atom. The molecule has 0 aromatic carbocycles. The highest BCUT2D eigenvalue weighted by Crippen LogP contribution is 2.14. The quantitative estimate of drug-likeness (QED) is 0.731. The number of hydrogen-bond acceptors (Lipinski definition) is 2. The molecule has 2 heterocycles. The lowest BCUT2D eigenvalue weighted by atomic mass is 10.3. The number of aromatic nitrogens is 2. The first-order valence-electron chi connectivity index (χ1n) is 4.85. The third-order valence-electron chi connectivity index (χ3n) is 2.38. The lowest BCUT2D eigenvalue weighted by Gasteiger charge is -2.09. The number of amides is 1. The fourth-order valence-corrected chi connectivity index (χ4v) is 1.60. The normalized spacial score (nSPS) is 10.8. The lowest BCUT2D eigenvalue weighted by Crippen LogP contribution is -2.23. The van der Waals surface area contributed by atoms with Crippen LogP contribution in [0.3, 0.4) is 0 Å². The Morgan fingerprint density at radius 1 is 1.50 bits per heavy atom. The molecular formula is C11H12FN3O. The topological polar surface area (TPSA) is 37.6 Å². The van der Waals surface area contributed by atoms with Crippen LogP contribution >= 0.6 is 0 Å². The number of halogens is 1. The van der Waals surface area contributed by atoms with Crippen molar-refractivity contribution in [3.05, 3.63) is 35.5 Å². The second-order valence-corrected chi connectivity index (χ2v) is 3.88. The Bertz CT molecular complexity index is 560. The maximum atomic E-state index is 13.2. The van der Waals surface area contributed by atoms with Crippen LogP contribution < -0.4 is 0 Å². The van der Waals surface area contributed by atoms with E-state index >= 15 is 0 Å². The average molecular weight is 221 g/mol. The molecule has 1 amide bonds. The first-order chi connectivity index (χ1) is 7.50. The van der Waals surface area contributed by atoms with Crippen molar-refractivity contribution >= 4 is 11.6 Å². The van der Waals surface area contributed by atoms with Gasteiger partial charge in [0.2, 0.25) is 0 Å². The first-order valence-corrected chi connectivity index (χ1v) is 4.85. The maximum absolute atomic E-state index is 13.2. The summed E-state index contributed by atoms with van der Waals surface area (Å²) in [5.74, 6) is -0.576. The summed E-state index contributed by atoms with van der Waals surface area (Å²) < 4.78 is 14.7. The molecule has 5 heteroatoms. The van der Waals surface area contributed by atoms with Gasteiger partial charge >= 0.3 is 0 Å². The molecule has 0 aliphatic carbocycles. The van der Waals surface area contributed by atoms with Crippen molar-refractivity contribution in [3.63, 3.8) is 0 Å². The number of carbonyl (C=O) groups excluding carboxylic acids is 1. The first kappa shape index (κ1) is 10.6. The van der Waals surface area contributed by atoms with Crippen LogP contribution in [0.1, 0.15) is 16.1 Å². The largest absolute Gasteiger partial charge is 0.343 e. The standard InChI is InChI=1S/C11H12FN3O/c1-7-4-8(12)6-15-9(5-13-10(7)15)11(16)14(2)3/h4-6H,1-3H3. The van der Waals surface area contributed by atoms with Gasteiger partial charge in [-0.15, -0.1) is 0 Å². The summed E-state index contributed by atoms with van der Waals surface area (Å²) in [6, 6.07) is 1.40. The Kier molecular flexibility index (Phi) is 2.38. The predicted molar refractivity (Wildman–Crippen MR) is 57.9 cm³/mol. The van der Waals surface area contributed by atoms with E-state index < -0.39 is 0 Å². The zero-order valence-corrected chi connectivity index (χ0v) is 9.36. The molecule has 0 bridgehead atoms. The SMILES string of the molecule is Cc1cc(F)cn2c(C(=O)N(C)C)cnc12. The molecule has 0 spiro atoms. The number of nitrogens with zero attached hydrogens (tertiary/aromatic N) is 3. The zero-order chi connectivity index (χ0) is 11.9. The van der Waals surface area contributed by atoms with Gasteiger partial charge in [0.1, 0.15) is 17.2 Å². The van der Waals surface area contributed by atoms with Gasteiger partial charge in [0, 0.05) is 20.3 Å². The summed E-state index contributed by atoms with van der Waals surface area (Å²) in [5.41, 5.74) is 1.67. The zero-order valence-electron chi connectivity index (χ0n) is 9.36. The van der Waals surface area contributed by atoms with Crippen molar-refractivity contribution in [1.29, 1.82) is 0 Å². The molecule has 0 N–H and O–H groups in total. The fraction of sp³-hybridized carbons (Fsp3) is 0.273. The van der Waals surface area contributed by atoms with Crippen LogP contribution in [0.15, 0.2) is 18.5 Å². The van der Waals surface area contributed by atoms with Gasteiger partial charge in [-0.25, -0.2) is 9.37 Å². The lowest BCUT2D eigenvalue weighted by molar-refractivity contribution is 0.0821. The summed E-state index contributed by atoms with van der Waals surface area (Å²) in [6.45, 7) is 1.76. The van der Waals surface area contributed by atoms with E-state index in [4.69, 9.17) is 0 Å². The molecule has 2 aromatic heterocycles. The second kappa shape index (κ2) is 3.59. The molecule has 0 radical (unpaired) electrons. The predicted octanol–water partition coefficient (Wildman–Crippen LogP) is 1.48. The molecule has 2 rings (SSSR count). The number of imidazole rings is 1. The molecule has 0 aliphatic heterocycles. The highest BCUT2D eigenvalue weighted by Gasteiger charge is 2.15. The summed E-state index contributed by atoms with van der Waals surface area (Å²) in [7, 11) is 3.29. The molecule has 0 fully saturated rings. The number of fused-ring (bicyclic) bond motifs is 1. The Hall–Kier alpha value is -1.91. The minimum absolute atomic E-state index is 0.197. The van der Waals surface area contributed by atoms with Gasteiger partial charge < -0.3 is 4.90 Å². The third-order valence-corrected chi connectivity index (χ3v) is 2.38. The van der Waals surface area contributed by atoms with Crippen molar-refractivity contribution < 1.29 is 9.18 Å². The second-order valence-electron chi connectivity index (χ2n) is 3.88. The van der Waals surface area contributed by atoms with E-state index in [0.717, 1.165) is 0 Å². The molecule has 0 saturated heterocycles. The molecule has 0 saturated carbocycles. The molecule has 0 unspecified atom stereocenters. The molecule has 4 nitrogen and oxygen atoms in total. The Labute approximate surface area is 92.3 Å². The third kappa shape index (κ3) is 1.54. The number of carbonyl (C=O) groups is 1. The van der Waals surface area contributed by atoms with Crippen molar-refractivity contribution in [2.75, 3.05) is 14.1 Å². The van der Waals surface area contributed by atoms with Crippen molar-refractivity contribution in [2.24, 2.45) is 0 Å². The number of hydrogen-bond donors (Lipinski definition) is 0. The van der Waals surface area contributed by atoms with E-state index in [1.807, 2.05) is 0 Å². The van der Waals surface area contributed by atoms with Gasteiger partial charge in [-0.3, -0.25) is 9.20 Å². The van der Waals surface area contributed by atoms with E-state index in [2.05, 4.69) is 4.98 Å². The fourth-order valence-electron chi connectivity index (χ4n) is 1.60. The van der Waals surface area contributed by atoms with E-state index in [1.54, 1.807) is 21.0 Å². The molecule has 0 aliphatic rings. The van der Waals surface area contributed by atoms with Gasteiger partial charge in [0.25, 0.3) is 5.91 Å². The van der Waals surface area contributed by atoms with Crippen LogP contribution in [0.5, 0.6) is 0 Å². The van der Waals surface area contributed by atoms with E-state index in [1.165, 1.54) is 27.8 Å². The van der Waals surface area contributed by atoms with Crippen molar-refractivity contribution in [2.45, 2.75) is 6.92 Å². The molecule has 16 heavy (non-hydrogen) atoms. The van der Waals surface area contributed by atoms with Crippen LogP contribution in [-0.2, 0) is 0 Å². The summed E-state index contributed by atoms with van der Waals surface area (Å²) in [5, 5.41) is 0. The molecule has 0 atom stereocenters. The average Bonchev–Trinajstić information content (AvgIpc) is 2.60. The molecular weight excluding hydrogens is 209 g/mol. The number of rotatable bonds is 1. The summed E-state index contributed by atoms with van der Waals surface area (Å²) in [4.78, 5) is 17.3. The summed E-state index contributed by atoms with van der Waals surface area (Å²) in [6.07, 6.45) is 2.73. The van der Waals surface area contributed by atoms with Gasteiger partial charge in [0.05, 0.1) is 6.20 Å². The van der Waals surface area contributed by atoms with Crippen molar-refractivity contribution in [3.8, 4) is 0 Å². The van der Waals surface area contributed by atoms with E-state index in [0.29, 0.717) is 16.9 Å². The van der Waals surface area contributed by atoms with Gasteiger partial charge in [-0.1, -0.05) is 0 Å². The molecule has 84 valence electrons. The monoisotopic (exact) mass is 221 g/mol. The number of aryl methyl sites for hydroxylation is 1. The van der Waals surface area contributed by atoms with Gasteiger partial charge in [-0.05, 0) is 18.6 Å². The maximum Gasteiger partial charge on any atom is 0.271 e. The Morgan fingerprint density at radius 2 is 2.19 bits per heavy atom.